The third kappa shape index (κ3) is 3.62. The second-order valence-corrected chi connectivity index (χ2v) is 5.47. The number of hydrogen-bond donors (Lipinski definition) is 1. The van der Waals surface area contributed by atoms with Crippen LogP contribution in [0.2, 0.25) is 0 Å². The van der Waals surface area contributed by atoms with Gasteiger partial charge in [-0.15, -0.1) is 11.3 Å². The first-order chi connectivity index (χ1) is 7.72. The van der Waals surface area contributed by atoms with Crippen molar-refractivity contribution < 1.29 is 4.74 Å². The van der Waals surface area contributed by atoms with Crippen LogP contribution in [0, 0.1) is 0 Å². The average molecular weight is 261 g/mol. The van der Waals surface area contributed by atoms with E-state index >= 15 is 0 Å². The minimum atomic E-state index is 0.534. The Morgan fingerprint density at radius 2 is 2.31 bits per heavy atom. The summed E-state index contributed by atoms with van der Waals surface area (Å²) in [7, 11) is 3.74. The molecule has 0 amide bonds. The van der Waals surface area contributed by atoms with Gasteiger partial charge in [0.05, 0.1) is 12.3 Å². The molecule has 0 atom stereocenters. The molecule has 0 bridgehead atoms. The fourth-order valence-corrected chi connectivity index (χ4v) is 2.65. The minimum absolute atomic E-state index is 0.534. The van der Waals surface area contributed by atoms with E-state index in [4.69, 9.17) is 10.5 Å². The van der Waals surface area contributed by atoms with E-state index in [0.29, 0.717) is 13.2 Å². The molecule has 1 aromatic heterocycles. The van der Waals surface area contributed by atoms with E-state index in [1.165, 1.54) is 0 Å². The predicted molar refractivity (Wildman–Crippen MR) is 72.4 cm³/mol. The first-order valence-corrected chi connectivity index (χ1v) is 7.31. The molecular weight excluding hydrogens is 242 g/mol. The standard InChI is InChI=1S/C10H19N3OS2/c1-13(4-5-15-3)10-12-8(7-14-2)9(6-11)16-10/h4-7,11H2,1-3H3. The van der Waals surface area contributed by atoms with Crippen molar-refractivity contribution in [3.8, 4) is 0 Å². The Morgan fingerprint density at radius 3 is 2.88 bits per heavy atom. The topological polar surface area (TPSA) is 51.4 Å². The number of hydrogen-bond acceptors (Lipinski definition) is 6. The summed E-state index contributed by atoms with van der Waals surface area (Å²) in [5.74, 6) is 1.10. The van der Waals surface area contributed by atoms with Crippen molar-refractivity contribution in [1.29, 1.82) is 0 Å². The van der Waals surface area contributed by atoms with Crippen molar-refractivity contribution in [1.82, 2.24) is 4.98 Å². The van der Waals surface area contributed by atoms with Crippen LogP contribution in [0.1, 0.15) is 10.6 Å². The summed E-state index contributed by atoms with van der Waals surface area (Å²) in [6.07, 6.45) is 2.11. The van der Waals surface area contributed by atoms with Crippen molar-refractivity contribution >= 4 is 28.2 Å². The van der Waals surface area contributed by atoms with Gasteiger partial charge in [0.15, 0.2) is 5.13 Å². The predicted octanol–water partition coefficient (Wildman–Crippen LogP) is 1.55. The number of methoxy groups -OCH3 is 1. The Hall–Kier alpha value is -0.300. The van der Waals surface area contributed by atoms with Crippen LogP contribution < -0.4 is 10.6 Å². The van der Waals surface area contributed by atoms with E-state index < -0.39 is 0 Å². The lowest BCUT2D eigenvalue weighted by atomic mass is 10.4. The maximum absolute atomic E-state index is 5.69. The summed E-state index contributed by atoms with van der Waals surface area (Å²) >= 11 is 3.50. The fraction of sp³-hybridized carbons (Fsp3) is 0.700. The highest BCUT2D eigenvalue weighted by Gasteiger charge is 2.12. The van der Waals surface area contributed by atoms with Gasteiger partial charge in [0.25, 0.3) is 0 Å². The van der Waals surface area contributed by atoms with Crippen LogP contribution in [0.25, 0.3) is 0 Å². The Morgan fingerprint density at radius 1 is 1.56 bits per heavy atom. The maximum atomic E-state index is 5.69. The second kappa shape index (κ2) is 7.11. The Labute approximate surface area is 105 Å². The van der Waals surface area contributed by atoms with Crippen LogP contribution >= 0.6 is 23.1 Å². The zero-order chi connectivity index (χ0) is 12.0. The molecule has 0 spiro atoms. The highest BCUT2D eigenvalue weighted by Crippen LogP contribution is 2.25. The van der Waals surface area contributed by atoms with E-state index in [0.717, 1.165) is 28.0 Å². The van der Waals surface area contributed by atoms with Gasteiger partial charge in [0.1, 0.15) is 0 Å². The lowest BCUT2D eigenvalue weighted by Crippen LogP contribution is -2.19. The first kappa shape index (κ1) is 13.8. The molecule has 0 saturated carbocycles. The summed E-state index contributed by atoms with van der Waals surface area (Å²) < 4.78 is 5.11. The molecule has 2 N–H and O–H groups in total. The molecule has 0 aliphatic rings. The van der Waals surface area contributed by atoms with Gasteiger partial charge in [-0.2, -0.15) is 11.8 Å². The number of ether oxygens (including phenoxy) is 1. The average Bonchev–Trinajstić information content (AvgIpc) is 2.69. The summed E-state index contributed by atoms with van der Waals surface area (Å²) in [6, 6.07) is 0. The van der Waals surface area contributed by atoms with E-state index in [2.05, 4.69) is 23.2 Å². The van der Waals surface area contributed by atoms with Crippen molar-refractivity contribution in [2.75, 3.05) is 37.6 Å². The quantitative estimate of drug-likeness (QED) is 0.807. The molecule has 16 heavy (non-hydrogen) atoms. The van der Waals surface area contributed by atoms with Gasteiger partial charge in [0, 0.05) is 37.9 Å². The zero-order valence-corrected chi connectivity index (χ0v) is 11.7. The number of nitrogens with two attached hydrogens (primary N) is 1. The lowest BCUT2D eigenvalue weighted by Gasteiger charge is -2.14. The summed E-state index contributed by atoms with van der Waals surface area (Å²) in [5.41, 5.74) is 6.66. The molecule has 0 radical (unpaired) electrons. The SMILES string of the molecule is COCc1nc(N(C)CCSC)sc1CN. The van der Waals surface area contributed by atoms with Gasteiger partial charge in [-0.05, 0) is 6.26 Å². The van der Waals surface area contributed by atoms with Crippen molar-refractivity contribution in [3.05, 3.63) is 10.6 Å². The molecular formula is C10H19N3OS2. The van der Waals surface area contributed by atoms with Crippen molar-refractivity contribution in [2.24, 2.45) is 5.73 Å². The Kier molecular flexibility index (Phi) is 6.12. The summed E-state index contributed by atoms with van der Waals surface area (Å²) in [4.78, 5) is 7.84. The second-order valence-electron chi connectivity index (χ2n) is 3.42. The third-order valence-electron chi connectivity index (χ3n) is 2.19. The largest absolute Gasteiger partial charge is 0.378 e. The number of thioether (sulfide) groups is 1. The van der Waals surface area contributed by atoms with E-state index in [1.54, 1.807) is 18.4 Å². The highest BCUT2D eigenvalue weighted by atomic mass is 32.2. The fourth-order valence-electron chi connectivity index (χ4n) is 1.27. The van der Waals surface area contributed by atoms with E-state index in [1.807, 2.05) is 11.8 Å². The molecule has 6 heteroatoms. The van der Waals surface area contributed by atoms with Crippen LogP contribution in [-0.2, 0) is 17.9 Å². The molecule has 1 aromatic rings. The molecule has 1 rings (SSSR count). The van der Waals surface area contributed by atoms with Gasteiger partial charge >= 0.3 is 0 Å². The smallest absolute Gasteiger partial charge is 0.185 e. The molecule has 0 aliphatic carbocycles. The van der Waals surface area contributed by atoms with Crippen LogP contribution in [0.3, 0.4) is 0 Å². The van der Waals surface area contributed by atoms with Crippen LogP contribution in [0.5, 0.6) is 0 Å². The highest BCUT2D eigenvalue weighted by molar-refractivity contribution is 7.98. The molecule has 0 saturated heterocycles. The number of rotatable bonds is 7. The number of thiazole rings is 1. The van der Waals surface area contributed by atoms with Gasteiger partial charge in [-0.3, -0.25) is 0 Å². The first-order valence-electron chi connectivity index (χ1n) is 5.10. The normalized spacial score (nSPS) is 10.8. The Balaban J connectivity index is 2.72. The van der Waals surface area contributed by atoms with Gasteiger partial charge < -0.3 is 15.4 Å². The van der Waals surface area contributed by atoms with Crippen LogP contribution in [-0.4, -0.2) is 37.7 Å². The molecule has 0 aliphatic heterocycles. The minimum Gasteiger partial charge on any atom is -0.378 e. The van der Waals surface area contributed by atoms with Gasteiger partial charge in [-0.25, -0.2) is 4.98 Å². The third-order valence-corrected chi connectivity index (χ3v) is 4.02. The van der Waals surface area contributed by atoms with Crippen LogP contribution in [0.15, 0.2) is 0 Å². The van der Waals surface area contributed by atoms with Crippen LogP contribution in [0.4, 0.5) is 5.13 Å². The monoisotopic (exact) mass is 261 g/mol. The number of aromatic nitrogens is 1. The molecule has 0 fully saturated rings. The van der Waals surface area contributed by atoms with Gasteiger partial charge in [-0.1, -0.05) is 0 Å². The zero-order valence-electron chi connectivity index (χ0n) is 10.0. The summed E-state index contributed by atoms with van der Waals surface area (Å²) in [6.45, 7) is 2.08. The molecule has 4 nitrogen and oxygen atoms in total. The summed E-state index contributed by atoms with van der Waals surface area (Å²) in [5, 5.41) is 1.03. The van der Waals surface area contributed by atoms with Crippen molar-refractivity contribution in [3.63, 3.8) is 0 Å². The van der Waals surface area contributed by atoms with E-state index in [-0.39, 0.29) is 0 Å². The number of nitrogens with zero attached hydrogens (tertiary/aromatic N) is 2. The molecule has 0 unspecified atom stereocenters. The molecule has 0 aromatic carbocycles. The molecule has 1 heterocycles. The van der Waals surface area contributed by atoms with Crippen molar-refractivity contribution in [2.45, 2.75) is 13.2 Å². The Bertz CT molecular complexity index is 317. The number of anilines is 1. The van der Waals surface area contributed by atoms with Gasteiger partial charge in [0.2, 0.25) is 0 Å². The molecule has 92 valence electrons. The maximum Gasteiger partial charge on any atom is 0.185 e. The lowest BCUT2D eigenvalue weighted by molar-refractivity contribution is 0.181. The van der Waals surface area contributed by atoms with E-state index in [9.17, 15) is 0 Å².